The number of ether oxygens (including phenoxy) is 1. The minimum Gasteiger partial charge on any atom is -0.458 e. The van der Waals surface area contributed by atoms with Crippen molar-refractivity contribution in [2.75, 3.05) is 17.5 Å². The molecule has 8 heteroatoms. The summed E-state index contributed by atoms with van der Waals surface area (Å²) in [6.07, 6.45) is 1.46. The Labute approximate surface area is 174 Å². The van der Waals surface area contributed by atoms with Crippen LogP contribution in [-0.4, -0.2) is 27.5 Å². The van der Waals surface area contributed by atoms with E-state index in [1.165, 1.54) is 24.3 Å². The van der Waals surface area contributed by atoms with Crippen molar-refractivity contribution in [3.63, 3.8) is 0 Å². The van der Waals surface area contributed by atoms with Crippen molar-refractivity contribution in [2.45, 2.75) is 11.8 Å². The lowest BCUT2D eigenvalue weighted by molar-refractivity contribution is 0.0540. The number of benzene rings is 2. The number of rotatable bonds is 8. The summed E-state index contributed by atoms with van der Waals surface area (Å²) >= 11 is 12.0. The Bertz CT molecular complexity index is 1000. The summed E-state index contributed by atoms with van der Waals surface area (Å²) in [7, 11) is -4.00. The molecule has 0 N–H and O–H groups in total. The summed E-state index contributed by atoms with van der Waals surface area (Å²) in [4.78, 5) is 12.2. The number of carbonyl (C=O) groups is 1. The van der Waals surface area contributed by atoms with Crippen LogP contribution in [0.5, 0.6) is 0 Å². The maximum atomic E-state index is 13.2. The fraction of sp³-hybridized carbons (Fsp3) is 0.150. The van der Waals surface area contributed by atoms with E-state index >= 15 is 0 Å². The van der Waals surface area contributed by atoms with Crippen molar-refractivity contribution < 1.29 is 17.9 Å². The highest BCUT2D eigenvalue weighted by molar-refractivity contribution is 7.92. The topological polar surface area (TPSA) is 63.7 Å². The van der Waals surface area contributed by atoms with Gasteiger partial charge in [-0.15, -0.1) is 6.58 Å². The van der Waals surface area contributed by atoms with Gasteiger partial charge in [0.25, 0.3) is 10.0 Å². The van der Waals surface area contributed by atoms with Crippen molar-refractivity contribution in [1.82, 2.24) is 0 Å². The monoisotopic (exact) mass is 439 g/mol. The van der Waals surface area contributed by atoms with Gasteiger partial charge in [0.05, 0.1) is 27.7 Å². The lowest BCUT2D eigenvalue weighted by atomic mass is 10.2. The van der Waals surface area contributed by atoms with Gasteiger partial charge in [-0.05, 0) is 55.0 Å². The molecule has 0 saturated carbocycles. The van der Waals surface area contributed by atoms with Crippen LogP contribution in [0.2, 0.25) is 10.0 Å². The van der Waals surface area contributed by atoms with Gasteiger partial charge in [-0.25, -0.2) is 13.2 Å². The molecule has 0 radical (unpaired) electrons. The number of sulfonamides is 1. The van der Waals surface area contributed by atoms with E-state index in [1.807, 2.05) is 0 Å². The summed E-state index contributed by atoms with van der Waals surface area (Å²) in [6.45, 7) is 9.01. The standard InChI is InChI=1S/C20H19Cl2NO4S/c1-4-11-23(16-7-5-15(21)6-8-16)28(25,26)17-9-10-19(22)18(12-17)20(24)27-13-14(2)3/h4-10,12H,1-2,11,13H2,3H3. The number of carbonyl (C=O) groups excluding carboxylic acids is 1. The smallest absolute Gasteiger partial charge is 0.340 e. The van der Waals surface area contributed by atoms with Crippen molar-refractivity contribution >= 4 is 44.9 Å². The van der Waals surface area contributed by atoms with Gasteiger partial charge in [0.1, 0.15) is 6.61 Å². The van der Waals surface area contributed by atoms with E-state index in [9.17, 15) is 13.2 Å². The van der Waals surface area contributed by atoms with Crippen LogP contribution in [0, 0.1) is 0 Å². The molecule has 0 aliphatic heterocycles. The second-order valence-corrected chi connectivity index (χ2v) is 8.68. The Kier molecular flexibility index (Phi) is 7.29. The summed E-state index contributed by atoms with van der Waals surface area (Å²) in [5.74, 6) is -0.730. The van der Waals surface area contributed by atoms with Gasteiger partial charge in [0.15, 0.2) is 0 Å². The zero-order valence-corrected chi connectivity index (χ0v) is 17.5. The maximum absolute atomic E-state index is 13.2. The first kappa shape index (κ1) is 22.0. The van der Waals surface area contributed by atoms with Crippen LogP contribution in [0.25, 0.3) is 0 Å². The van der Waals surface area contributed by atoms with Gasteiger partial charge in [-0.3, -0.25) is 4.31 Å². The van der Waals surface area contributed by atoms with E-state index in [1.54, 1.807) is 31.2 Å². The highest BCUT2D eigenvalue weighted by atomic mass is 35.5. The Morgan fingerprint density at radius 1 is 1.18 bits per heavy atom. The number of anilines is 1. The minimum absolute atomic E-state index is 0.0134. The van der Waals surface area contributed by atoms with Gasteiger partial charge in [0, 0.05) is 5.02 Å². The zero-order valence-electron chi connectivity index (χ0n) is 15.2. The average Bonchev–Trinajstić information content (AvgIpc) is 2.65. The molecule has 0 aliphatic rings. The lowest BCUT2D eigenvalue weighted by Gasteiger charge is -2.23. The number of halogens is 2. The molecule has 0 bridgehead atoms. The highest BCUT2D eigenvalue weighted by Gasteiger charge is 2.26. The van der Waals surface area contributed by atoms with Crippen LogP contribution in [0.1, 0.15) is 17.3 Å². The third-order valence-electron chi connectivity index (χ3n) is 3.60. The number of hydrogen-bond acceptors (Lipinski definition) is 4. The highest BCUT2D eigenvalue weighted by Crippen LogP contribution is 2.28. The van der Waals surface area contributed by atoms with Gasteiger partial charge >= 0.3 is 5.97 Å². The normalized spacial score (nSPS) is 11.0. The summed E-state index contributed by atoms with van der Waals surface area (Å²) in [6, 6.07) is 10.2. The van der Waals surface area contributed by atoms with E-state index in [2.05, 4.69) is 13.2 Å². The van der Waals surface area contributed by atoms with Crippen molar-refractivity contribution in [3.05, 3.63) is 82.9 Å². The molecule has 2 aromatic rings. The number of hydrogen-bond donors (Lipinski definition) is 0. The Morgan fingerprint density at radius 2 is 1.82 bits per heavy atom. The maximum Gasteiger partial charge on any atom is 0.340 e. The third kappa shape index (κ3) is 5.16. The molecule has 5 nitrogen and oxygen atoms in total. The molecule has 0 aliphatic carbocycles. The Morgan fingerprint density at radius 3 is 2.39 bits per heavy atom. The molecular formula is C20H19Cl2NO4S. The SMILES string of the molecule is C=CCN(c1ccc(Cl)cc1)S(=O)(=O)c1ccc(Cl)c(C(=O)OCC(=C)C)c1. The number of esters is 1. The van der Waals surface area contributed by atoms with Gasteiger partial charge in [0.2, 0.25) is 0 Å². The fourth-order valence-corrected chi connectivity index (χ4v) is 4.06. The van der Waals surface area contributed by atoms with Crippen molar-refractivity contribution in [2.24, 2.45) is 0 Å². The molecule has 2 rings (SSSR count). The van der Waals surface area contributed by atoms with Crippen molar-refractivity contribution in [1.29, 1.82) is 0 Å². The Hall–Kier alpha value is -2.28. The minimum atomic E-state index is -4.00. The summed E-state index contributed by atoms with van der Waals surface area (Å²) in [5.41, 5.74) is 1.01. The van der Waals surface area contributed by atoms with Gasteiger partial charge in [-0.2, -0.15) is 0 Å². The molecular weight excluding hydrogens is 421 g/mol. The van der Waals surface area contributed by atoms with Crippen molar-refractivity contribution in [3.8, 4) is 0 Å². The van der Waals surface area contributed by atoms with E-state index < -0.39 is 16.0 Å². The van der Waals surface area contributed by atoms with Crippen LogP contribution in [0.4, 0.5) is 5.69 Å². The van der Waals surface area contributed by atoms with E-state index in [-0.39, 0.29) is 28.6 Å². The van der Waals surface area contributed by atoms with E-state index in [0.717, 1.165) is 4.31 Å². The number of nitrogens with zero attached hydrogens (tertiary/aromatic N) is 1. The molecule has 0 fully saturated rings. The van der Waals surface area contributed by atoms with E-state index in [0.29, 0.717) is 16.3 Å². The summed E-state index contributed by atoms with van der Waals surface area (Å²) < 4.78 is 32.6. The molecule has 28 heavy (non-hydrogen) atoms. The molecule has 0 spiro atoms. The second-order valence-electron chi connectivity index (χ2n) is 5.98. The molecule has 0 heterocycles. The van der Waals surface area contributed by atoms with Gasteiger partial charge < -0.3 is 4.74 Å². The van der Waals surface area contributed by atoms with Crippen LogP contribution in [0.3, 0.4) is 0 Å². The van der Waals surface area contributed by atoms with Crippen LogP contribution in [-0.2, 0) is 14.8 Å². The predicted molar refractivity (Wildman–Crippen MR) is 113 cm³/mol. The molecule has 0 amide bonds. The predicted octanol–water partition coefficient (Wildman–Crippen LogP) is 5.11. The van der Waals surface area contributed by atoms with Gasteiger partial charge in [-0.1, -0.05) is 35.9 Å². The third-order valence-corrected chi connectivity index (χ3v) is 5.98. The molecule has 0 unspecified atom stereocenters. The van der Waals surface area contributed by atoms with E-state index in [4.69, 9.17) is 27.9 Å². The fourth-order valence-electron chi connectivity index (χ4n) is 2.28. The lowest BCUT2D eigenvalue weighted by Crippen LogP contribution is -2.31. The molecule has 2 aromatic carbocycles. The summed E-state index contributed by atoms with van der Waals surface area (Å²) in [5, 5.41) is 0.571. The first-order valence-electron chi connectivity index (χ1n) is 8.17. The quantitative estimate of drug-likeness (QED) is 0.423. The molecule has 148 valence electrons. The van der Waals surface area contributed by atoms with Crippen LogP contribution >= 0.6 is 23.2 Å². The van der Waals surface area contributed by atoms with Crippen LogP contribution < -0.4 is 4.31 Å². The largest absolute Gasteiger partial charge is 0.458 e. The first-order chi connectivity index (χ1) is 13.2. The first-order valence-corrected chi connectivity index (χ1v) is 10.4. The second kappa shape index (κ2) is 9.28. The average molecular weight is 440 g/mol. The zero-order chi connectivity index (χ0) is 20.9. The van der Waals surface area contributed by atoms with Crippen LogP contribution in [0.15, 0.2) is 72.2 Å². The molecule has 0 atom stereocenters. The molecule has 0 aromatic heterocycles. The molecule has 0 saturated heterocycles. The Balaban J connectivity index is 2.46.